The lowest BCUT2D eigenvalue weighted by Crippen LogP contribution is -2.36. The molecule has 2 heterocycles. The number of carboxylic acid groups (broad SMARTS) is 1. The number of nitrogens with zero attached hydrogens (tertiary/aromatic N) is 3. The molecule has 6 nitrogen and oxygen atoms in total. The first-order valence-electron chi connectivity index (χ1n) is 7.37. The molecule has 0 aromatic carbocycles. The number of carboxylic acids is 1. The summed E-state index contributed by atoms with van der Waals surface area (Å²) in [5.74, 6) is -0.566. The van der Waals surface area contributed by atoms with Gasteiger partial charge < -0.3 is 10.0 Å². The highest BCUT2D eigenvalue weighted by Crippen LogP contribution is 2.29. The fourth-order valence-corrected chi connectivity index (χ4v) is 3.24. The lowest BCUT2D eigenvalue weighted by atomic mass is 9.98. The summed E-state index contributed by atoms with van der Waals surface area (Å²) in [4.78, 5) is 21.7. The Hall–Kier alpha value is -2.15. The van der Waals surface area contributed by atoms with E-state index >= 15 is 0 Å². The number of carbonyl (C=O) groups is 1. The van der Waals surface area contributed by atoms with E-state index in [0.717, 1.165) is 37.7 Å². The number of allylic oxidation sites excluding steroid dienone is 2. The van der Waals surface area contributed by atoms with Crippen LogP contribution in [0.2, 0.25) is 0 Å². The van der Waals surface area contributed by atoms with E-state index in [1.165, 1.54) is 18.6 Å². The van der Waals surface area contributed by atoms with Crippen LogP contribution in [0.5, 0.6) is 0 Å². The van der Waals surface area contributed by atoms with Gasteiger partial charge in [-0.1, -0.05) is 6.08 Å². The Morgan fingerprint density at radius 2 is 2.17 bits per heavy atom. The number of amidine groups is 1. The van der Waals surface area contributed by atoms with E-state index in [0.29, 0.717) is 17.2 Å². The monoisotopic (exact) mass is 332 g/mol. The fourth-order valence-electron chi connectivity index (χ4n) is 2.39. The molecule has 0 amide bonds. The van der Waals surface area contributed by atoms with Crippen LogP contribution >= 0.6 is 11.8 Å². The van der Waals surface area contributed by atoms with E-state index < -0.39 is 5.97 Å². The Morgan fingerprint density at radius 3 is 2.70 bits per heavy atom. The number of nitrogens with one attached hydrogen (secondary N) is 1. The van der Waals surface area contributed by atoms with E-state index in [-0.39, 0.29) is 10.1 Å². The molecular formula is C16H20N4O2S. The molecule has 1 aliphatic rings. The summed E-state index contributed by atoms with van der Waals surface area (Å²) in [5.41, 5.74) is 1.02. The molecule has 1 aromatic heterocycles. The third-order valence-corrected chi connectivity index (χ3v) is 4.98. The molecule has 0 saturated carbocycles. The molecule has 0 bridgehead atoms. The van der Waals surface area contributed by atoms with Crippen molar-refractivity contribution < 1.29 is 9.90 Å². The first-order valence-corrected chi connectivity index (χ1v) is 8.19. The van der Waals surface area contributed by atoms with Crippen molar-refractivity contribution in [3.05, 3.63) is 41.8 Å². The van der Waals surface area contributed by atoms with Gasteiger partial charge in [0.05, 0.1) is 11.9 Å². The van der Waals surface area contributed by atoms with Gasteiger partial charge >= 0.3 is 5.97 Å². The number of likely N-dealkylation sites (tertiary alicyclic amines) is 1. The lowest BCUT2D eigenvalue weighted by Gasteiger charge is -2.32. The van der Waals surface area contributed by atoms with Gasteiger partial charge in [0.25, 0.3) is 0 Å². The van der Waals surface area contributed by atoms with Crippen LogP contribution in [0.3, 0.4) is 0 Å². The number of aromatic nitrogens is 2. The van der Waals surface area contributed by atoms with Crippen molar-refractivity contribution in [2.45, 2.75) is 19.8 Å². The molecule has 2 rings (SSSR count). The highest BCUT2D eigenvalue weighted by Gasteiger charge is 2.23. The topological polar surface area (TPSA) is 90.2 Å². The second kappa shape index (κ2) is 7.92. The van der Waals surface area contributed by atoms with Crippen molar-refractivity contribution in [2.24, 2.45) is 5.92 Å². The van der Waals surface area contributed by atoms with Crippen LogP contribution in [0.4, 0.5) is 0 Å². The van der Waals surface area contributed by atoms with Gasteiger partial charge in [0.15, 0.2) is 5.17 Å². The Kier molecular flexibility index (Phi) is 5.92. The van der Waals surface area contributed by atoms with Gasteiger partial charge in [-0.15, -0.1) is 6.58 Å². The first kappa shape index (κ1) is 17.2. The van der Waals surface area contributed by atoms with Gasteiger partial charge in [-0.2, -0.15) is 0 Å². The fraction of sp³-hybridized carbons (Fsp3) is 0.375. The van der Waals surface area contributed by atoms with Crippen LogP contribution in [0.1, 0.15) is 25.5 Å². The standard InChI is InChI=1S/C16H20N4O2S/c1-3-12-4-8-20(9-5-12)16(17)23-14(15(21)22)11(2)13-10-18-6-7-19-13/h3,6-7,10,12,17H,1,4-5,8-9H2,2H3,(H,21,22)/b14-11+,17-16?. The highest BCUT2D eigenvalue weighted by molar-refractivity contribution is 8.17. The van der Waals surface area contributed by atoms with Crippen LogP contribution in [0, 0.1) is 11.3 Å². The summed E-state index contributed by atoms with van der Waals surface area (Å²) < 4.78 is 0. The van der Waals surface area contributed by atoms with Crippen LogP contribution in [-0.4, -0.2) is 44.2 Å². The van der Waals surface area contributed by atoms with Crippen LogP contribution < -0.4 is 0 Å². The van der Waals surface area contributed by atoms with E-state index in [2.05, 4.69) is 16.5 Å². The molecule has 1 fully saturated rings. The molecule has 0 spiro atoms. The second-order valence-electron chi connectivity index (χ2n) is 5.32. The zero-order valence-electron chi connectivity index (χ0n) is 13.0. The summed E-state index contributed by atoms with van der Waals surface area (Å²) in [6.45, 7) is 7.00. The van der Waals surface area contributed by atoms with Gasteiger partial charge in [0.1, 0.15) is 4.91 Å². The van der Waals surface area contributed by atoms with Crippen molar-refractivity contribution in [3.63, 3.8) is 0 Å². The van der Waals surface area contributed by atoms with Crippen molar-refractivity contribution in [2.75, 3.05) is 13.1 Å². The van der Waals surface area contributed by atoms with Gasteiger partial charge in [-0.05, 0) is 43.0 Å². The predicted octanol–water partition coefficient (Wildman–Crippen LogP) is 2.86. The Morgan fingerprint density at radius 1 is 1.48 bits per heavy atom. The maximum Gasteiger partial charge on any atom is 0.342 e. The van der Waals surface area contributed by atoms with Crippen LogP contribution in [0.25, 0.3) is 5.57 Å². The average Bonchev–Trinajstić information content (AvgIpc) is 2.59. The van der Waals surface area contributed by atoms with E-state index in [1.807, 2.05) is 11.0 Å². The quantitative estimate of drug-likeness (QED) is 0.381. The van der Waals surface area contributed by atoms with Crippen molar-refractivity contribution >= 4 is 28.5 Å². The number of aliphatic carboxylic acids is 1. The van der Waals surface area contributed by atoms with E-state index in [4.69, 9.17) is 5.41 Å². The summed E-state index contributed by atoms with van der Waals surface area (Å²) >= 11 is 0.967. The zero-order valence-corrected chi connectivity index (χ0v) is 13.8. The molecule has 7 heteroatoms. The summed E-state index contributed by atoms with van der Waals surface area (Å²) in [5, 5.41) is 17.9. The molecule has 0 unspecified atom stereocenters. The predicted molar refractivity (Wildman–Crippen MR) is 92.1 cm³/mol. The number of hydrogen-bond acceptors (Lipinski definition) is 5. The Labute approximate surface area is 139 Å². The molecule has 0 radical (unpaired) electrons. The smallest absolute Gasteiger partial charge is 0.342 e. The Bertz CT molecular complexity index is 622. The van der Waals surface area contributed by atoms with E-state index in [9.17, 15) is 9.90 Å². The minimum Gasteiger partial charge on any atom is -0.477 e. The van der Waals surface area contributed by atoms with Crippen LogP contribution in [0.15, 0.2) is 36.2 Å². The third kappa shape index (κ3) is 4.41. The van der Waals surface area contributed by atoms with Crippen LogP contribution in [-0.2, 0) is 4.79 Å². The molecule has 2 N–H and O–H groups in total. The SMILES string of the molecule is C=CC1CCN(C(=N)S/C(C(=O)O)=C(\C)c2cnccn2)CC1. The molecule has 122 valence electrons. The summed E-state index contributed by atoms with van der Waals surface area (Å²) in [6, 6.07) is 0. The van der Waals surface area contributed by atoms with Gasteiger partial charge in [-0.3, -0.25) is 15.4 Å². The molecular weight excluding hydrogens is 312 g/mol. The average molecular weight is 332 g/mol. The normalized spacial score (nSPS) is 16.7. The number of thioether (sulfide) groups is 1. The molecule has 1 aromatic rings. The van der Waals surface area contributed by atoms with Gasteiger partial charge in [-0.25, -0.2) is 4.79 Å². The van der Waals surface area contributed by atoms with Crippen molar-refractivity contribution in [3.8, 4) is 0 Å². The third-order valence-electron chi connectivity index (χ3n) is 3.84. The molecule has 1 aliphatic heterocycles. The van der Waals surface area contributed by atoms with Crippen molar-refractivity contribution in [1.29, 1.82) is 5.41 Å². The first-order chi connectivity index (χ1) is 11.0. The molecule has 0 aliphatic carbocycles. The number of hydrogen-bond donors (Lipinski definition) is 2. The number of rotatable bonds is 4. The minimum atomic E-state index is -1.05. The molecule has 23 heavy (non-hydrogen) atoms. The van der Waals surface area contributed by atoms with Gasteiger partial charge in [0.2, 0.25) is 0 Å². The maximum atomic E-state index is 11.6. The molecule has 0 atom stereocenters. The zero-order chi connectivity index (χ0) is 16.8. The lowest BCUT2D eigenvalue weighted by molar-refractivity contribution is -0.131. The summed E-state index contributed by atoms with van der Waals surface area (Å²) in [6.07, 6.45) is 8.43. The van der Waals surface area contributed by atoms with Crippen molar-refractivity contribution in [1.82, 2.24) is 14.9 Å². The molecule has 1 saturated heterocycles. The highest BCUT2D eigenvalue weighted by atomic mass is 32.2. The largest absolute Gasteiger partial charge is 0.477 e. The minimum absolute atomic E-state index is 0.112. The van der Waals surface area contributed by atoms with Gasteiger partial charge in [0, 0.05) is 25.5 Å². The Balaban J connectivity index is 2.12. The summed E-state index contributed by atoms with van der Waals surface area (Å²) in [7, 11) is 0. The maximum absolute atomic E-state index is 11.6. The second-order valence-corrected chi connectivity index (χ2v) is 6.32. The van der Waals surface area contributed by atoms with E-state index in [1.54, 1.807) is 6.92 Å². The number of piperidine rings is 1.